The maximum Gasteiger partial charge on any atom is 0.245 e. The number of anilines is 2. The van der Waals surface area contributed by atoms with Gasteiger partial charge in [0.25, 0.3) is 0 Å². The number of hydrogen-bond donors (Lipinski definition) is 2. The standard InChI is InChI=1S/C17H18N4O4/c1-11-9-14(20-25-11)19-15(22)10-18-17(24)13-7-8-16(23)21(13)12-5-3-2-4-6-12/h2-6,9,13H,7-8,10H2,1H3,(H,18,24)(H,19,20,22). The van der Waals surface area contributed by atoms with Gasteiger partial charge in [0.2, 0.25) is 17.7 Å². The van der Waals surface area contributed by atoms with Gasteiger partial charge in [-0.2, -0.15) is 0 Å². The molecule has 0 radical (unpaired) electrons. The topological polar surface area (TPSA) is 105 Å². The van der Waals surface area contributed by atoms with Crippen molar-refractivity contribution in [1.82, 2.24) is 10.5 Å². The maximum atomic E-state index is 12.4. The van der Waals surface area contributed by atoms with Crippen molar-refractivity contribution in [2.75, 3.05) is 16.8 Å². The summed E-state index contributed by atoms with van der Waals surface area (Å²) in [4.78, 5) is 37.9. The van der Waals surface area contributed by atoms with E-state index in [1.807, 2.05) is 18.2 Å². The van der Waals surface area contributed by atoms with Crippen LogP contribution in [0.25, 0.3) is 0 Å². The van der Waals surface area contributed by atoms with E-state index in [4.69, 9.17) is 4.52 Å². The summed E-state index contributed by atoms with van der Waals surface area (Å²) in [5, 5.41) is 8.74. The molecule has 25 heavy (non-hydrogen) atoms. The van der Waals surface area contributed by atoms with Gasteiger partial charge in [-0.3, -0.25) is 19.3 Å². The fourth-order valence-corrected chi connectivity index (χ4v) is 2.74. The number of amides is 3. The number of nitrogens with zero attached hydrogens (tertiary/aromatic N) is 2. The zero-order valence-electron chi connectivity index (χ0n) is 13.7. The van der Waals surface area contributed by atoms with Crippen LogP contribution in [0.4, 0.5) is 11.5 Å². The molecule has 0 saturated carbocycles. The summed E-state index contributed by atoms with van der Waals surface area (Å²) in [5.41, 5.74) is 0.674. The molecule has 2 heterocycles. The van der Waals surface area contributed by atoms with Gasteiger partial charge in [-0.15, -0.1) is 0 Å². The third-order valence-electron chi connectivity index (χ3n) is 3.87. The number of benzene rings is 1. The van der Waals surface area contributed by atoms with Crippen molar-refractivity contribution < 1.29 is 18.9 Å². The Balaban J connectivity index is 1.58. The average molecular weight is 342 g/mol. The van der Waals surface area contributed by atoms with Gasteiger partial charge in [0.05, 0.1) is 6.54 Å². The molecule has 1 aromatic heterocycles. The fraction of sp³-hybridized carbons (Fsp3) is 0.294. The molecule has 130 valence electrons. The molecule has 3 amide bonds. The lowest BCUT2D eigenvalue weighted by Gasteiger charge is -2.24. The molecule has 1 aliphatic rings. The Kier molecular flexibility index (Phi) is 4.78. The number of nitrogens with one attached hydrogen (secondary N) is 2. The molecule has 8 nitrogen and oxygen atoms in total. The van der Waals surface area contributed by atoms with Crippen molar-refractivity contribution in [3.05, 3.63) is 42.2 Å². The van der Waals surface area contributed by atoms with Crippen LogP contribution in [0.3, 0.4) is 0 Å². The number of carbonyl (C=O) groups excluding carboxylic acids is 3. The Morgan fingerprint density at radius 2 is 2.08 bits per heavy atom. The summed E-state index contributed by atoms with van der Waals surface area (Å²) in [5.74, 6) is -0.0201. The van der Waals surface area contributed by atoms with E-state index < -0.39 is 11.9 Å². The fourth-order valence-electron chi connectivity index (χ4n) is 2.74. The van der Waals surface area contributed by atoms with Crippen LogP contribution < -0.4 is 15.5 Å². The second-order valence-corrected chi connectivity index (χ2v) is 5.74. The normalized spacial score (nSPS) is 16.8. The summed E-state index contributed by atoms with van der Waals surface area (Å²) < 4.78 is 4.85. The van der Waals surface area contributed by atoms with Crippen LogP contribution in [-0.2, 0) is 14.4 Å². The Hall–Kier alpha value is -3.16. The average Bonchev–Trinajstić information content (AvgIpc) is 3.19. The van der Waals surface area contributed by atoms with E-state index in [2.05, 4.69) is 15.8 Å². The van der Waals surface area contributed by atoms with Gasteiger partial charge in [0, 0.05) is 18.2 Å². The molecule has 8 heteroatoms. The third kappa shape index (κ3) is 3.85. The van der Waals surface area contributed by atoms with Crippen LogP contribution in [0.2, 0.25) is 0 Å². The predicted octanol–water partition coefficient (Wildman–Crippen LogP) is 1.23. The lowest BCUT2D eigenvalue weighted by atomic mass is 10.2. The molecule has 1 aromatic carbocycles. The van der Waals surface area contributed by atoms with Crippen LogP contribution >= 0.6 is 0 Å². The molecule has 0 bridgehead atoms. The molecule has 2 N–H and O–H groups in total. The molecule has 1 atom stereocenters. The first kappa shape index (κ1) is 16.7. The van der Waals surface area contributed by atoms with Crippen molar-refractivity contribution in [1.29, 1.82) is 0 Å². The lowest BCUT2D eigenvalue weighted by Crippen LogP contribution is -2.46. The van der Waals surface area contributed by atoms with E-state index in [-0.39, 0.29) is 18.4 Å². The first-order valence-corrected chi connectivity index (χ1v) is 7.92. The first-order chi connectivity index (χ1) is 12.0. The number of aryl methyl sites for hydroxylation is 1. The summed E-state index contributed by atoms with van der Waals surface area (Å²) in [6, 6.07) is 9.98. The zero-order valence-corrected chi connectivity index (χ0v) is 13.7. The van der Waals surface area contributed by atoms with Gasteiger partial charge in [-0.05, 0) is 25.5 Å². The molecule has 2 aromatic rings. The van der Waals surface area contributed by atoms with Crippen LogP contribution in [-0.4, -0.2) is 35.5 Å². The number of rotatable bonds is 5. The maximum absolute atomic E-state index is 12.4. The smallest absolute Gasteiger partial charge is 0.245 e. The highest BCUT2D eigenvalue weighted by Crippen LogP contribution is 2.26. The van der Waals surface area contributed by atoms with Crippen LogP contribution in [0.1, 0.15) is 18.6 Å². The quantitative estimate of drug-likeness (QED) is 0.850. The Labute approximate surface area is 144 Å². The molecule has 1 fully saturated rings. The van der Waals surface area contributed by atoms with Gasteiger partial charge in [-0.1, -0.05) is 23.4 Å². The number of para-hydroxylation sites is 1. The molecular formula is C17H18N4O4. The molecule has 1 saturated heterocycles. The SMILES string of the molecule is Cc1cc(NC(=O)CNC(=O)C2CCC(=O)N2c2ccccc2)no1. The van der Waals surface area contributed by atoms with Gasteiger partial charge in [0.1, 0.15) is 11.8 Å². The summed E-state index contributed by atoms with van der Waals surface area (Å²) in [6.45, 7) is 1.50. The van der Waals surface area contributed by atoms with Crippen molar-refractivity contribution in [2.45, 2.75) is 25.8 Å². The second kappa shape index (κ2) is 7.16. The lowest BCUT2D eigenvalue weighted by molar-refractivity contribution is -0.125. The van der Waals surface area contributed by atoms with E-state index in [1.165, 1.54) is 4.90 Å². The Morgan fingerprint density at radius 3 is 2.76 bits per heavy atom. The third-order valence-corrected chi connectivity index (χ3v) is 3.87. The molecule has 1 aliphatic heterocycles. The highest BCUT2D eigenvalue weighted by Gasteiger charge is 2.36. The Morgan fingerprint density at radius 1 is 1.32 bits per heavy atom. The summed E-state index contributed by atoms with van der Waals surface area (Å²) in [7, 11) is 0. The Bertz CT molecular complexity index is 787. The number of hydrogen-bond acceptors (Lipinski definition) is 5. The summed E-state index contributed by atoms with van der Waals surface area (Å²) in [6.07, 6.45) is 0.723. The van der Waals surface area contributed by atoms with Crippen LogP contribution in [0.5, 0.6) is 0 Å². The van der Waals surface area contributed by atoms with Crippen molar-refractivity contribution in [3.8, 4) is 0 Å². The van der Waals surface area contributed by atoms with Crippen molar-refractivity contribution in [3.63, 3.8) is 0 Å². The van der Waals surface area contributed by atoms with E-state index in [0.717, 1.165) is 0 Å². The minimum atomic E-state index is -0.614. The van der Waals surface area contributed by atoms with Gasteiger partial charge >= 0.3 is 0 Å². The predicted molar refractivity (Wildman–Crippen MR) is 89.8 cm³/mol. The van der Waals surface area contributed by atoms with Crippen molar-refractivity contribution in [2.24, 2.45) is 0 Å². The van der Waals surface area contributed by atoms with Gasteiger partial charge < -0.3 is 15.2 Å². The highest BCUT2D eigenvalue weighted by atomic mass is 16.5. The second-order valence-electron chi connectivity index (χ2n) is 5.74. The first-order valence-electron chi connectivity index (χ1n) is 7.92. The number of aromatic nitrogens is 1. The largest absolute Gasteiger partial charge is 0.360 e. The van der Waals surface area contributed by atoms with E-state index >= 15 is 0 Å². The zero-order chi connectivity index (χ0) is 17.8. The number of carbonyl (C=O) groups is 3. The summed E-state index contributed by atoms with van der Waals surface area (Å²) >= 11 is 0. The molecule has 1 unspecified atom stereocenters. The minimum Gasteiger partial charge on any atom is -0.360 e. The van der Waals surface area contributed by atoms with E-state index in [0.29, 0.717) is 30.1 Å². The monoisotopic (exact) mass is 342 g/mol. The molecule has 0 aliphatic carbocycles. The molecule has 3 rings (SSSR count). The highest BCUT2D eigenvalue weighted by molar-refractivity contribution is 6.04. The van der Waals surface area contributed by atoms with Crippen LogP contribution in [0.15, 0.2) is 40.9 Å². The van der Waals surface area contributed by atoms with Gasteiger partial charge in [-0.25, -0.2) is 0 Å². The van der Waals surface area contributed by atoms with Crippen molar-refractivity contribution >= 4 is 29.2 Å². The molecule has 0 spiro atoms. The van der Waals surface area contributed by atoms with E-state index in [9.17, 15) is 14.4 Å². The minimum absolute atomic E-state index is 0.103. The van der Waals surface area contributed by atoms with E-state index in [1.54, 1.807) is 25.1 Å². The molecular weight excluding hydrogens is 324 g/mol. The van der Waals surface area contributed by atoms with Crippen LogP contribution in [0, 0.1) is 6.92 Å². The van der Waals surface area contributed by atoms with Gasteiger partial charge in [0.15, 0.2) is 5.82 Å².